The highest BCUT2D eigenvalue weighted by Gasteiger charge is 2.31. The van der Waals surface area contributed by atoms with Crippen molar-refractivity contribution in [3.8, 4) is 11.1 Å². The van der Waals surface area contributed by atoms with Gasteiger partial charge in [0.1, 0.15) is 6.04 Å². The van der Waals surface area contributed by atoms with Crippen LogP contribution in [0.3, 0.4) is 0 Å². The van der Waals surface area contributed by atoms with Crippen LogP contribution in [0, 0.1) is 12.8 Å². The molecule has 2 aromatic rings. The van der Waals surface area contributed by atoms with Crippen molar-refractivity contribution < 1.29 is 19.9 Å². The zero-order valence-electron chi connectivity index (χ0n) is 18.0. The maximum atomic E-state index is 12.7. The number of aliphatic hydroxyl groups is 1. The van der Waals surface area contributed by atoms with Crippen LogP contribution in [-0.2, 0) is 16.1 Å². The smallest absolute Gasteiger partial charge is 0.268 e. The van der Waals surface area contributed by atoms with Crippen molar-refractivity contribution in [2.45, 2.75) is 45.4 Å². The van der Waals surface area contributed by atoms with Crippen molar-refractivity contribution in [1.29, 1.82) is 0 Å². The van der Waals surface area contributed by atoms with E-state index in [2.05, 4.69) is 47.5 Å². The Morgan fingerprint density at radius 3 is 2.58 bits per heavy atom. The number of rotatable bonds is 7. The molecule has 3 unspecified atom stereocenters. The highest BCUT2D eigenvalue weighted by Crippen LogP contribution is 2.27. The van der Waals surface area contributed by atoms with E-state index >= 15 is 0 Å². The van der Waals surface area contributed by atoms with Crippen molar-refractivity contribution in [1.82, 2.24) is 15.7 Å². The average Bonchev–Trinajstić information content (AvgIpc) is 2.78. The zero-order valence-corrected chi connectivity index (χ0v) is 18.0. The first-order valence-corrected chi connectivity index (χ1v) is 10.7. The monoisotopic (exact) mass is 425 g/mol. The van der Waals surface area contributed by atoms with Crippen LogP contribution in [0.25, 0.3) is 11.1 Å². The predicted molar refractivity (Wildman–Crippen MR) is 118 cm³/mol. The van der Waals surface area contributed by atoms with Gasteiger partial charge < -0.3 is 10.4 Å². The molecule has 1 heterocycles. The number of nitrogens with one attached hydrogen (secondary N) is 2. The highest BCUT2D eigenvalue weighted by atomic mass is 16.5. The molecule has 7 nitrogen and oxygen atoms in total. The molecule has 0 radical (unpaired) electrons. The van der Waals surface area contributed by atoms with Crippen molar-refractivity contribution in [3.05, 3.63) is 59.7 Å². The summed E-state index contributed by atoms with van der Waals surface area (Å²) in [5.74, 6) is -1.39. The number of aliphatic hydroxyl groups excluding tert-OH is 1. The second kappa shape index (κ2) is 10.5. The standard InChI is InChI=1S/C24H31N3O4/c1-16-19(10-6-12-21(16)18-8-4-3-5-9-18)14-27-13-7-11-20(15-27)23(29)25-22(17(2)28)24(30)26-31/h3-6,8-10,12,17,20,22,28,31H,7,11,13-15H2,1-2H3,(H,25,29)(H,26,30). The molecule has 1 fully saturated rings. The van der Waals surface area contributed by atoms with E-state index in [0.29, 0.717) is 6.54 Å². The average molecular weight is 426 g/mol. The molecule has 0 bridgehead atoms. The second-order valence-corrected chi connectivity index (χ2v) is 8.23. The van der Waals surface area contributed by atoms with E-state index in [1.807, 2.05) is 18.2 Å². The molecule has 4 N–H and O–H groups in total. The molecule has 7 heteroatoms. The Balaban J connectivity index is 1.68. The molecule has 1 aliphatic rings. The van der Waals surface area contributed by atoms with Crippen LogP contribution in [0.4, 0.5) is 0 Å². The third-order valence-corrected chi connectivity index (χ3v) is 5.97. The van der Waals surface area contributed by atoms with Crippen molar-refractivity contribution in [2.24, 2.45) is 5.92 Å². The minimum Gasteiger partial charge on any atom is -0.391 e. The topological polar surface area (TPSA) is 102 Å². The predicted octanol–water partition coefficient (Wildman–Crippen LogP) is 2.25. The molecule has 0 aliphatic carbocycles. The minimum atomic E-state index is -1.18. The van der Waals surface area contributed by atoms with Gasteiger partial charge in [-0.2, -0.15) is 0 Å². The van der Waals surface area contributed by atoms with Gasteiger partial charge in [0, 0.05) is 13.1 Å². The van der Waals surface area contributed by atoms with Crippen LogP contribution in [-0.4, -0.2) is 52.3 Å². The molecule has 3 rings (SSSR count). The second-order valence-electron chi connectivity index (χ2n) is 8.23. The van der Waals surface area contributed by atoms with Gasteiger partial charge in [-0.3, -0.25) is 19.7 Å². The maximum Gasteiger partial charge on any atom is 0.268 e. The summed E-state index contributed by atoms with van der Waals surface area (Å²) in [6.45, 7) is 5.75. The van der Waals surface area contributed by atoms with Crippen LogP contribution in [0.5, 0.6) is 0 Å². The van der Waals surface area contributed by atoms with Crippen molar-refractivity contribution in [2.75, 3.05) is 13.1 Å². The summed E-state index contributed by atoms with van der Waals surface area (Å²) in [7, 11) is 0. The Morgan fingerprint density at radius 2 is 1.90 bits per heavy atom. The lowest BCUT2D eigenvalue weighted by Crippen LogP contribution is -2.54. The van der Waals surface area contributed by atoms with Crippen LogP contribution in [0.2, 0.25) is 0 Å². The van der Waals surface area contributed by atoms with Crippen LogP contribution < -0.4 is 10.8 Å². The molecular weight excluding hydrogens is 394 g/mol. The number of likely N-dealkylation sites (tertiary alicyclic amines) is 1. The van der Waals surface area contributed by atoms with Gasteiger partial charge in [-0.05, 0) is 55.5 Å². The summed E-state index contributed by atoms with van der Waals surface area (Å²) >= 11 is 0. The fraction of sp³-hybridized carbons (Fsp3) is 0.417. The van der Waals surface area contributed by atoms with Gasteiger partial charge in [0.05, 0.1) is 12.0 Å². The Kier molecular flexibility index (Phi) is 7.79. The molecule has 1 aliphatic heterocycles. The molecule has 1 saturated heterocycles. The zero-order chi connectivity index (χ0) is 22.4. The van der Waals surface area contributed by atoms with E-state index in [4.69, 9.17) is 5.21 Å². The lowest BCUT2D eigenvalue weighted by atomic mass is 9.93. The molecule has 3 atom stereocenters. The van der Waals surface area contributed by atoms with E-state index < -0.39 is 18.1 Å². The lowest BCUT2D eigenvalue weighted by Gasteiger charge is -2.33. The van der Waals surface area contributed by atoms with Gasteiger partial charge in [0.25, 0.3) is 5.91 Å². The van der Waals surface area contributed by atoms with Gasteiger partial charge >= 0.3 is 0 Å². The molecular formula is C24H31N3O4. The summed E-state index contributed by atoms with van der Waals surface area (Å²) in [6.07, 6.45) is 0.485. The lowest BCUT2D eigenvalue weighted by molar-refractivity contribution is -0.139. The third kappa shape index (κ3) is 5.70. The van der Waals surface area contributed by atoms with Gasteiger partial charge in [-0.25, -0.2) is 5.48 Å². The quantitative estimate of drug-likeness (QED) is 0.403. The number of hydroxylamine groups is 1. The summed E-state index contributed by atoms with van der Waals surface area (Å²) in [5.41, 5.74) is 6.35. The van der Waals surface area contributed by atoms with E-state index in [-0.39, 0.29) is 11.8 Å². The first kappa shape index (κ1) is 22.9. The first-order chi connectivity index (χ1) is 14.9. The molecule has 2 amide bonds. The number of carbonyl (C=O) groups excluding carboxylic acids is 2. The summed E-state index contributed by atoms with van der Waals surface area (Å²) in [6, 6.07) is 15.4. The molecule has 0 saturated carbocycles. The van der Waals surface area contributed by atoms with Gasteiger partial charge in [-0.1, -0.05) is 48.5 Å². The SMILES string of the molecule is Cc1c(CN2CCCC(C(=O)NC(C(=O)NO)C(C)O)C2)cccc1-c1ccccc1. The number of carbonyl (C=O) groups is 2. The van der Waals surface area contributed by atoms with Gasteiger partial charge in [0.2, 0.25) is 5.91 Å². The largest absolute Gasteiger partial charge is 0.391 e. The van der Waals surface area contributed by atoms with E-state index in [1.165, 1.54) is 34.7 Å². The number of hydrogen-bond acceptors (Lipinski definition) is 5. The fourth-order valence-electron chi connectivity index (χ4n) is 4.19. The maximum absolute atomic E-state index is 12.7. The van der Waals surface area contributed by atoms with Crippen LogP contribution in [0.15, 0.2) is 48.5 Å². The number of amides is 2. The third-order valence-electron chi connectivity index (χ3n) is 5.97. The molecule has 0 aromatic heterocycles. The number of nitrogens with zero attached hydrogens (tertiary/aromatic N) is 1. The Labute approximate surface area is 183 Å². The Bertz CT molecular complexity index is 901. The van der Waals surface area contributed by atoms with Crippen molar-refractivity contribution >= 4 is 11.8 Å². The molecule has 2 aromatic carbocycles. The molecule has 0 spiro atoms. The van der Waals surface area contributed by atoms with Gasteiger partial charge in [-0.15, -0.1) is 0 Å². The number of piperidine rings is 1. The number of hydrogen-bond donors (Lipinski definition) is 4. The summed E-state index contributed by atoms with van der Waals surface area (Å²) in [5, 5.41) is 21.2. The minimum absolute atomic E-state index is 0.279. The van der Waals surface area contributed by atoms with E-state index in [1.54, 1.807) is 0 Å². The number of benzene rings is 2. The molecule has 166 valence electrons. The normalized spacial score (nSPS) is 18.8. The summed E-state index contributed by atoms with van der Waals surface area (Å²) < 4.78 is 0. The Hall–Kier alpha value is -2.74. The van der Waals surface area contributed by atoms with Crippen LogP contribution in [0.1, 0.15) is 30.9 Å². The van der Waals surface area contributed by atoms with Crippen LogP contribution >= 0.6 is 0 Å². The molecule has 31 heavy (non-hydrogen) atoms. The Morgan fingerprint density at radius 1 is 1.16 bits per heavy atom. The fourth-order valence-corrected chi connectivity index (χ4v) is 4.19. The van der Waals surface area contributed by atoms with E-state index in [0.717, 1.165) is 25.9 Å². The highest BCUT2D eigenvalue weighted by molar-refractivity contribution is 5.88. The summed E-state index contributed by atoms with van der Waals surface area (Å²) in [4.78, 5) is 26.7. The van der Waals surface area contributed by atoms with Crippen molar-refractivity contribution in [3.63, 3.8) is 0 Å². The first-order valence-electron chi connectivity index (χ1n) is 10.7. The van der Waals surface area contributed by atoms with E-state index in [9.17, 15) is 14.7 Å². The van der Waals surface area contributed by atoms with Gasteiger partial charge in [0.15, 0.2) is 0 Å².